The summed E-state index contributed by atoms with van der Waals surface area (Å²) >= 11 is 1.48. The fourth-order valence-corrected chi connectivity index (χ4v) is 5.49. The van der Waals surface area contributed by atoms with Gasteiger partial charge in [0, 0.05) is 45.0 Å². The number of benzene rings is 2. The Morgan fingerprint density at radius 1 is 0.935 bits per heavy atom. The number of aromatic nitrogens is 1. The van der Waals surface area contributed by atoms with Crippen LogP contribution in [0.4, 0.5) is 19.6 Å². The molecule has 5 rings (SSSR count). The molecule has 0 aliphatic carbocycles. The van der Waals surface area contributed by atoms with E-state index in [0.29, 0.717) is 19.6 Å². The minimum atomic E-state index is -0.255. The van der Waals surface area contributed by atoms with Gasteiger partial charge in [0.2, 0.25) is 5.91 Å². The number of carbonyl (C=O) groups is 1. The van der Waals surface area contributed by atoms with E-state index < -0.39 is 0 Å². The molecule has 2 saturated heterocycles. The molecule has 2 aliphatic heterocycles. The van der Waals surface area contributed by atoms with E-state index in [2.05, 4.69) is 14.8 Å². The van der Waals surface area contributed by atoms with E-state index in [-0.39, 0.29) is 23.5 Å². The van der Waals surface area contributed by atoms with Crippen LogP contribution in [0.1, 0.15) is 12.8 Å². The van der Waals surface area contributed by atoms with Crippen molar-refractivity contribution < 1.29 is 13.6 Å². The summed E-state index contributed by atoms with van der Waals surface area (Å²) in [5, 5.41) is 0.860. The molecule has 31 heavy (non-hydrogen) atoms. The van der Waals surface area contributed by atoms with E-state index in [0.717, 1.165) is 53.5 Å². The lowest BCUT2D eigenvalue weighted by atomic mass is 9.96. The first-order valence-electron chi connectivity index (χ1n) is 10.7. The van der Waals surface area contributed by atoms with Gasteiger partial charge in [0.25, 0.3) is 0 Å². The summed E-state index contributed by atoms with van der Waals surface area (Å²) in [5.41, 5.74) is 1.79. The van der Waals surface area contributed by atoms with Crippen molar-refractivity contribution in [3.8, 4) is 0 Å². The third-order valence-electron chi connectivity index (χ3n) is 6.16. The Morgan fingerprint density at radius 3 is 2.45 bits per heavy atom. The van der Waals surface area contributed by atoms with E-state index in [4.69, 9.17) is 0 Å². The topological polar surface area (TPSA) is 39.7 Å². The van der Waals surface area contributed by atoms with Crippen LogP contribution in [0.5, 0.6) is 0 Å². The van der Waals surface area contributed by atoms with Gasteiger partial charge in [-0.3, -0.25) is 4.79 Å². The summed E-state index contributed by atoms with van der Waals surface area (Å²) in [4.78, 5) is 24.2. The van der Waals surface area contributed by atoms with Crippen LogP contribution in [0.3, 0.4) is 0 Å². The zero-order valence-electron chi connectivity index (χ0n) is 17.1. The predicted molar refractivity (Wildman–Crippen MR) is 120 cm³/mol. The zero-order chi connectivity index (χ0) is 21.4. The van der Waals surface area contributed by atoms with Crippen LogP contribution in [-0.4, -0.2) is 55.1 Å². The Balaban J connectivity index is 1.22. The zero-order valence-corrected chi connectivity index (χ0v) is 18.0. The van der Waals surface area contributed by atoms with E-state index in [9.17, 15) is 13.6 Å². The SMILES string of the molecule is O=C(C1CCCN(c2nc3ccc(F)cc3s2)C1)N1CCN(c2ccc(F)cc2)CC1. The summed E-state index contributed by atoms with van der Waals surface area (Å²) in [6.45, 7) is 4.36. The van der Waals surface area contributed by atoms with Crippen molar-refractivity contribution in [3.63, 3.8) is 0 Å². The lowest BCUT2D eigenvalue weighted by molar-refractivity contribution is -0.136. The Labute approximate surface area is 183 Å². The molecule has 2 aromatic carbocycles. The number of hydrogen-bond donors (Lipinski definition) is 0. The first-order chi connectivity index (χ1) is 15.1. The van der Waals surface area contributed by atoms with Gasteiger partial charge in [0.05, 0.1) is 16.1 Å². The first-order valence-corrected chi connectivity index (χ1v) is 11.5. The molecular formula is C23H24F2N4OS. The second-order valence-electron chi connectivity index (χ2n) is 8.18. The fraction of sp³-hybridized carbons (Fsp3) is 0.391. The average Bonchev–Trinajstić information content (AvgIpc) is 3.23. The molecule has 1 unspecified atom stereocenters. The second kappa shape index (κ2) is 8.42. The van der Waals surface area contributed by atoms with E-state index in [1.165, 1.54) is 35.6 Å². The van der Waals surface area contributed by atoms with Crippen LogP contribution in [-0.2, 0) is 4.79 Å². The summed E-state index contributed by atoms with van der Waals surface area (Å²) in [6, 6.07) is 11.2. The van der Waals surface area contributed by atoms with Gasteiger partial charge in [-0.2, -0.15) is 0 Å². The van der Waals surface area contributed by atoms with Crippen LogP contribution < -0.4 is 9.80 Å². The van der Waals surface area contributed by atoms with Gasteiger partial charge in [0.15, 0.2) is 5.13 Å². The van der Waals surface area contributed by atoms with Crippen molar-refractivity contribution in [2.24, 2.45) is 5.92 Å². The standard InChI is InChI=1S/C23H24F2N4OS/c24-17-3-6-19(7-4-17)27-10-12-28(13-11-27)22(30)16-2-1-9-29(15-16)23-26-20-8-5-18(25)14-21(20)31-23/h3-8,14,16H,1-2,9-13,15H2. The lowest BCUT2D eigenvalue weighted by Crippen LogP contribution is -2.52. The number of amides is 1. The summed E-state index contributed by atoms with van der Waals surface area (Å²) in [7, 11) is 0. The summed E-state index contributed by atoms with van der Waals surface area (Å²) in [5.74, 6) is -0.336. The number of piperazine rings is 1. The highest BCUT2D eigenvalue weighted by atomic mass is 32.1. The third-order valence-corrected chi connectivity index (χ3v) is 7.24. The second-order valence-corrected chi connectivity index (χ2v) is 9.19. The average molecular weight is 443 g/mol. The first kappa shape index (κ1) is 20.2. The Morgan fingerprint density at radius 2 is 1.68 bits per heavy atom. The molecular weight excluding hydrogens is 418 g/mol. The smallest absolute Gasteiger partial charge is 0.227 e. The van der Waals surface area contributed by atoms with Crippen molar-refractivity contribution >= 4 is 38.3 Å². The van der Waals surface area contributed by atoms with Gasteiger partial charge >= 0.3 is 0 Å². The number of nitrogens with zero attached hydrogens (tertiary/aromatic N) is 4. The molecule has 0 spiro atoms. The van der Waals surface area contributed by atoms with Crippen molar-refractivity contribution in [3.05, 3.63) is 54.1 Å². The van der Waals surface area contributed by atoms with Gasteiger partial charge in [-0.1, -0.05) is 11.3 Å². The summed E-state index contributed by atoms with van der Waals surface area (Å²) in [6.07, 6.45) is 1.82. The Kier molecular flexibility index (Phi) is 5.48. The lowest BCUT2D eigenvalue weighted by Gasteiger charge is -2.39. The Hall–Kier alpha value is -2.74. The van der Waals surface area contributed by atoms with Crippen LogP contribution in [0.15, 0.2) is 42.5 Å². The maximum absolute atomic E-state index is 13.5. The highest BCUT2D eigenvalue weighted by Crippen LogP contribution is 2.32. The van der Waals surface area contributed by atoms with Gasteiger partial charge in [0.1, 0.15) is 11.6 Å². The monoisotopic (exact) mass is 442 g/mol. The van der Waals surface area contributed by atoms with Crippen LogP contribution >= 0.6 is 11.3 Å². The largest absolute Gasteiger partial charge is 0.368 e. The van der Waals surface area contributed by atoms with Crippen LogP contribution in [0, 0.1) is 17.6 Å². The van der Waals surface area contributed by atoms with Crippen LogP contribution in [0.25, 0.3) is 10.2 Å². The molecule has 2 aliphatic rings. The maximum Gasteiger partial charge on any atom is 0.227 e. The van der Waals surface area contributed by atoms with Crippen molar-refractivity contribution in [2.75, 3.05) is 49.1 Å². The molecule has 162 valence electrons. The molecule has 3 aromatic rings. The molecule has 0 saturated carbocycles. The van der Waals surface area contributed by atoms with Gasteiger partial charge in [-0.25, -0.2) is 13.8 Å². The van der Waals surface area contributed by atoms with E-state index in [1.54, 1.807) is 18.2 Å². The highest BCUT2D eigenvalue weighted by Gasteiger charge is 2.32. The number of fused-ring (bicyclic) bond motifs is 1. The van der Waals surface area contributed by atoms with Crippen molar-refractivity contribution in [2.45, 2.75) is 12.8 Å². The van der Waals surface area contributed by atoms with Gasteiger partial charge in [-0.15, -0.1) is 0 Å². The molecule has 1 aromatic heterocycles. The molecule has 0 N–H and O–H groups in total. The maximum atomic E-state index is 13.5. The molecule has 8 heteroatoms. The quantitative estimate of drug-likeness (QED) is 0.611. The number of rotatable bonds is 3. The number of hydrogen-bond acceptors (Lipinski definition) is 5. The molecule has 1 amide bonds. The molecule has 5 nitrogen and oxygen atoms in total. The fourth-order valence-electron chi connectivity index (χ4n) is 4.47. The number of anilines is 2. The molecule has 3 heterocycles. The minimum Gasteiger partial charge on any atom is -0.368 e. The molecule has 2 fully saturated rings. The number of carbonyl (C=O) groups excluding carboxylic acids is 1. The molecule has 1 atom stereocenters. The third kappa shape index (κ3) is 4.21. The molecule has 0 bridgehead atoms. The predicted octanol–water partition coefficient (Wildman–Crippen LogP) is 4.14. The van der Waals surface area contributed by atoms with Gasteiger partial charge in [-0.05, 0) is 55.3 Å². The van der Waals surface area contributed by atoms with Gasteiger partial charge < -0.3 is 14.7 Å². The number of thiazole rings is 1. The van der Waals surface area contributed by atoms with Crippen molar-refractivity contribution in [1.82, 2.24) is 9.88 Å². The Bertz CT molecular complexity index is 1080. The number of piperidine rings is 1. The van der Waals surface area contributed by atoms with Crippen LogP contribution in [0.2, 0.25) is 0 Å². The van der Waals surface area contributed by atoms with E-state index >= 15 is 0 Å². The highest BCUT2D eigenvalue weighted by molar-refractivity contribution is 7.22. The van der Waals surface area contributed by atoms with Crippen molar-refractivity contribution in [1.29, 1.82) is 0 Å². The summed E-state index contributed by atoms with van der Waals surface area (Å²) < 4.78 is 27.5. The molecule has 0 radical (unpaired) electrons. The van der Waals surface area contributed by atoms with E-state index in [1.807, 2.05) is 4.90 Å². The normalized spacial score (nSPS) is 19.8. The number of halogens is 2. The minimum absolute atomic E-state index is 0.0464.